The van der Waals surface area contributed by atoms with Gasteiger partial charge in [0.05, 0.1) is 19.9 Å². The fourth-order valence-electron chi connectivity index (χ4n) is 3.11. The van der Waals surface area contributed by atoms with Gasteiger partial charge in [0.1, 0.15) is 11.4 Å². The van der Waals surface area contributed by atoms with Crippen LogP contribution in [0.2, 0.25) is 0 Å². The summed E-state index contributed by atoms with van der Waals surface area (Å²) >= 11 is 0. The smallest absolute Gasteiger partial charge is 0.294 e. The van der Waals surface area contributed by atoms with Gasteiger partial charge in [-0.05, 0) is 47.6 Å². The van der Waals surface area contributed by atoms with Gasteiger partial charge in [0.15, 0.2) is 17.2 Å². The second-order valence-corrected chi connectivity index (χ2v) is 6.93. The van der Waals surface area contributed by atoms with Crippen LogP contribution in [-0.4, -0.2) is 56.3 Å². The summed E-state index contributed by atoms with van der Waals surface area (Å²) in [6, 6.07) is 11.7. The first-order valence-corrected chi connectivity index (χ1v) is 9.83. The van der Waals surface area contributed by atoms with Crippen molar-refractivity contribution in [3.63, 3.8) is 0 Å². The summed E-state index contributed by atoms with van der Waals surface area (Å²) in [5, 5.41) is 29.2. The molecule has 0 aliphatic rings. The molecule has 0 aliphatic heterocycles. The predicted molar refractivity (Wildman–Crippen MR) is 120 cm³/mol. The van der Waals surface area contributed by atoms with Gasteiger partial charge in [-0.25, -0.2) is 10.1 Å². The second kappa shape index (κ2) is 9.28. The van der Waals surface area contributed by atoms with E-state index in [1.54, 1.807) is 43.3 Å². The van der Waals surface area contributed by atoms with Crippen molar-refractivity contribution in [2.24, 2.45) is 5.10 Å². The monoisotopic (exact) mass is 464 g/mol. The van der Waals surface area contributed by atoms with Crippen LogP contribution in [0.15, 0.2) is 52.2 Å². The van der Waals surface area contributed by atoms with E-state index >= 15 is 0 Å². The van der Waals surface area contributed by atoms with Crippen LogP contribution in [0, 0.1) is 0 Å². The fourth-order valence-corrected chi connectivity index (χ4v) is 3.11. The number of phenolic OH excluding ortho intramolecular Hbond substituents is 1. The van der Waals surface area contributed by atoms with Gasteiger partial charge in [0.2, 0.25) is 11.6 Å². The number of rotatable bonds is 7. The van der Waals surface area contributed by atoms with Crippen LogP contribution >= 0.6 is 0 Å². The number of nitrogens with zero attached hydrogens (tertiary/aromatic N) is 6. The number of carbonyl (C=O) groups excluding carboxylic acids is 1. The predicted octanol–water partition coefficient (Wildman–Crippen LogP) is 1.78. The van der Waals surface area contributed by atoms with Crippen molar-refractivity contribution in [3.05, 3.63) is 53.7 Å². The highest BCUT2D eigenvalue weighted by Crippen LogP contribution is 2.29. The number of aromatic hydroxyl groups is 1. The molecule has 0 fully saturated rings. The van der Waals surface area contributed by atoms with Gasteiger partial charge in [-0.3, -0.25) is 4.79 Å². The van der Waals surface area contributed by atoms with Crippen LogP contribution in [0.4, 0.5) is 5.82 Å². The summed E-state index contributed by atoms with van der Waals surface area (Å²) in [6.45, 7) is 1.69. The minimum Gasteiger partial charge on any atom is -0.504 e. The third-order valence-corrected chi connectivity index (χ3v) is 4.85. The van der Waals surface area contributed by atoms with E-state index in [1.807, 2.05) is 0 Å². The molecule has 2 aromatic carbocycles. The number of hydrazone groups is 1. The Morgan fingerprint density at radius 3 is 2.71 bits per heavy atom. The number of nitrogens with one attached hydrogen (secondary N) is 1. The van der Waals surface area contributed by atoms with Crippen LogP contribution in [0.3, 0.4) is 0 Å². The molecule has 0 saturated heterocycles. The lowest BCUT2D eigenvalue weighted by Gasteiger charge is -2.08. The standard InChI is InChI=1S/C21H20N8O5/c1-11(12-7-8-15(30)16(10-12)33-3)23-25-21(31)17-18(13-5-4-6-14(9-13)32-2)29(28-24-17)20-19(22)26-34-27-20/h4-10,30H,1-3H3,(H2,22,26)(H,25,31). The molecule has 4 rings (SSSR count). The zero-order valence-electron chi connectivity index (χ0n) is 18.4. The molecule has 2 aromatic heterocycles. The Balaban J connectivity index is 1.71. The summed E-state index contributed by atoms with van der Waals surface area (Å²) in [5.74, 6) is 0.225. The summed E-state index contributed by atoms with van der Waals surface area (Å²) < 4.78 is 16.3. The maximum Gasteiger partial charge on any atom is 0.294 e. The zero-order chi connectivity index (χ0) is 24.2. The van der Waals surface area contributed by atoms with Crippen LogP contribution in [-0.2, 0) is 0 Å². The molecule has 13 nitrogen and oxygen atoms in total. The number of anilines is 1. The van der Waals surface area contributed by atoms with E-state index in [9.17, 15) is 9.90 Å². The highest BCUT2D eigenvalue weighted by atomic mass is 16.6. The summed E-state index contributed by atoms with van der Waals surface area (Å²) in [7, 11) is 2.96. The average Bonchev–Trinajstić information content (AvgIpc) is 3.48. The first kappa shape index (κ1) is 22.3. The number of benzene rings is 2. The van der Waals surface area contributed by atoms with Crippen LogP contribution < -0.4 is 20.6 Å². The molecular formula is C21H20N8O5. The molecule has 13 heteroatoms. The normalized spacial score (nSPS) is 11.3. The Hall–Kier alpha value is -4.94. The van der Waals surface area contributed by atoms with E-state index in [1.165, 1.54) is 25.0 Å². The molecule has 4 N–H and O–H groups in total. The Labute approximate surface area is 192 Å². The Morgan fingerprint density at radius 1 is 1.18 bits per heavy atom. The SMILES string of the molecule is COc1cccc(-c2c(C(=O)NN=C(C)c3ccc(O)c(OC)c3)nnn2-c2nonc2N)c1. The highest BCUT2D eigenvalue weighted by molar-refractivity contribution is 6.02. The van der Waals surface area contributed by atoms with Gasteiger partial charge in [-0.15, -0.1) is 5.10 Å². The first-order chi connectivity index (χ1) is 16.4. The lowest BCUT2D eigenvalue weighted by Crippen LogP contribution is -2.21. The molecule has 0 spiro atoms. The minimum absolute atomic E-state index is 0.00995. The molecule has 0 radical (unpaired) electrons. The van der Waals surface area contributed by atoms with Crippen molar-refractivity contribution in [3.8, 4) is 34.3 Å². The van der Waals surface area contributed by atoms with Crippen molar-refractivity contribution in [1.82, 2.24) is 30.7 Å². The lowest BCUT2D eigenvalue weighted by molar-refractivity contribution is 0.0950. The zero-order valence-corrected chi connectivity index (χ0v) is 18.4. The van der Waals surface area contributed by atoms with Crippen molar-refractivity contribution >= 4 is 17.4 Å². The van der Waals surface area contributed by atoms with Gasteiger partial charge in [-0.1, -0.05) is 17.3 Å². The van der Waals surface area contributed by atoms with E-state index in [-0.39, 0.29) is 34.5 Å². The van der Waals surface area contributed by atoms with Gasteiger partial charge in [0, 0.05) is 11.1 Å². The molecule has 1 amide bonds. The summed E-state index contributed by atoms with van der Waals surface area (Å²) in [4.78, 5) is 13.1. The number of hydrogen-bond donors (Lipinski definition) is 3. The molecule has 0 aliphatic carbocycles. The number of methoxy groups -OCH3 is 2. The third kappa shape index (κ3) is 4.21. The van der Waals surface area contributed by atoms with E-state index in [4.69, 9.17) is 15.2 Å². The average molecular weight is 464 g/mol. The molecular weight excluding hydrogens is 444 g/mol. The van der Waals surface area contributed by atoms with Crippen molar-refractivity contribution in [1.29, 1.82) is 0 Å². The molecule has 0 atom stereocenters. The number of hydrogen-bond acceptors (Lipinski definition) is 11. The quantitative estimate of drug-likeness (QED) is 0.270. The van der Waals surface area contributed by atoms with Crippen LogP contribution in [0.25, 0.3) is 17.1 Å². The Bertz CT molecular complexity index is 1380. The minimum atomic E-state index is -0.635. The molecule has 0 bridgehead atoms. The Morgan fingerprint density at radius 2 is 2.00 bits per heavy atom. The van der Waals surface area contributed by atoms with Gasteiger partial charge in [0.25, 0.3) is 5.91 Å². The van der Waals surface area contributed by atoms with Gasteiger partial charge < -0.3 is 20.3 Å². The number of phenols is 1. The molecule has 2 heterocycles. The van der Waals surface area contributed by atoms with Crippen molar-refractivity contribution in [2.45, 2.75) is 6.92 Å². The number of nitrogens with two attached hydrogens (primary N) is 1. The van der Waals surface area contributed by atoms with E-state index in [2.05, 4.69) is 35.8 Å². The first-order valence-electron chi connectivity index (χ1n) is 9.83. The molecule has 0 unspecified atom stereocenters. The molecule has 0 saturated carbocycles. The summed E-state index contributed by atoms with van der Waals surface area (Å²) in [6.07, 6.45) is 0. The highest BCUT2D eigenvalue weighted by Gasteiger charge is 2.25. The topological polar surface area (TPSA) is 176 Å². The van der Waals surface area contributed by atoms with Gasteiger partial charge in [-0.2, -0.15) is 9.78 Å². The molecule has 34 heavy (non-hydrogen) atoms. The van der Waals surface area contributed by atoms with Crippen LogP contribution in [0.1, 0.15) is 23.0 Å². The third-order valence-electron chi connectivity index (χ3n) is 4.85. The van der Waals surface area contributed by atoms with Crippen LogP contribution in [0.5, 0.6) is 17.2 Å². The number of aromatic nitrogens is 5. The maximum atomic E-state index is 13.1. The van der Waals surface area contributed by atoms with E-state index in [0.29, 0.717) is 22.6 Å². The molecule has 4 aromatic rings. The summed E-state index contributed by atoms with van der Waals surface area (Å²) in [5.41, 5.74) is 10.2. The number of ether oxygens (including phenoxy) is 2. The largest absolute Gasteiger partial charge is 0.504 e. The second-order valence-electron chi connectivity index (χ2n) is 6.93. The van der Waals surface area contributed by atoms with E-state index < -0.39 is 5.91 Å². The van der Waals surface area contributed by atoms with Crippen molar-refractivity contribution < 1.29 is 24.0 Å². The van der Waals surface area contributed by atoms with Crippen molar-refractivity contribution in [2.75, 3.05) is 20.0 Å². The number of carbonyl (C=O) groups is 1. The number of nitrogen functional groups attached to an aromatic ring is 1. The fraction of sp³-hybridized carbons (Fsp3) is 0.143. The Kier molecular flexibility index (Phi) is 6.07. The van der Waals surface area contributed by atoms with E-state index in [0.717, 1.165) is 0 Å². The number of amides is 1. The lowest BCUT2D eigenvalue weighted by atomic mass is 10.1. The maximum absolute atomic E-state index is 13.1. The molecule has 174 valence electrons. The van der Waals surface area contributed by atoms with Gasteiger partial charge >= 0.3 is 0 Å².